The normalized spacial score (nSPS) is 11.7. The highest BCUT2D eigenvalue weighted by Crippen LogP contribution is 2.29. The predicted molar refractivity (Wildman–Crippen MR) is 84.6 cm³/mol. The molecule has 0 heterocycles. The van der Waals surface area contributed by atoms with Crippen molar-refractivity contribution < 1.29 is 9.47 Å². The maximum atomic E-state index is 6.24. The maximum Gasteiger partial charge on any atom is 0.142 e. The van der Waals surface area contributed by atoms with Crippen molar-refractivity contribution in [2.75, 3.05) is 26.9 Å². The van der Waals surface area contributed by atoms with Gasteiger partial charge in [-0.3, -0.25) is 0 Å². The van der Waals surface area contributed by atoms with Crippen LogP contribution in [0.1, 0.15) is 32.8 Å². The van der Waals surface area contributed by atoms with Gasteiger partial charge in [0.1, 0.15) is 5.75 Å². The van der Waals surface area contributed by atoms with Crippen molar-refractivity contribution in [1.82, 2.24) is 5.32 Å². The van der Waals surface area contributed by atoms with E-state index >= 15 is 0 Å². The highest BCUT2D eigenvalue weighted by molar-refractivity contribution is 6.32. The second-order valence-electron chi connectivity index (χ2n) is 6.06. The van der Waals surface area contributed by atoms with Gasteiger partial charge in [-0.25, -0.2) is 0 Å². The van der Waals surface area contributed by atoms with Crippen molar-refractivity contribution in [3.63, 3.8) is 0 Å². The van der Waals surface area contributed by atoms with E-state index in [9.17, 15) is 0 Å². The van der Waals surface area contributed by atoms with Crippen LogP contribution in [-0.4, -0.2) is 26.9 Å². The van der Waals surface area contributed by atoms with Crippen LogP contribution in [0.2, 0.25) is 5.02 Å². The molecule has 114 valence electrons. The number of hydrogen-bond donors (Lipinski definition) is 1. The van der Waals surface area contributed by atoms with Gasteiger partial charge in [0.2, 0.25) is 0 Å². The van der Waals surface area contributed by atoms with Crippen molar-refractivity contribution in [3.05, 3.63) is 28.8 Å². The number of benzene rings is 1. The second kappa shape index (κ2) is 8.50. The summed E-state index contributed by atoms with van der Waals surface area (Å²) >= 11 is 6.24. The molecule has 1 rings (SSSR count). The zero-order valence-corrected chi connectivity index (χ0v) is 13.7. The van der Waals surface area contributed by atoms with Crippen LogP contribution in [0.3, 0.4) is 0 Å². The van der Waals surface area contributed by atoms with Gasteiger partial charge in [0.05, 0.1) is 18.2 Å². The van der Waals surface area contributed by atoms with Crippen LogP contribution in [-0.2, 0) is 11.3 Å². The van der Waals surface area contributed by atoms with Gasteiger partial charge >= 0.3 is 0 Å². The lowest BCUT2D eigenvalue weighted by Crippen LogP contribution is -2.19. The van der Waals surface area contributed by atoms with Gasteiger partial charge in [-0.2, -0.15) is 0 Å². The molecule has 0 aliphatic carbocycles. The highest BCUT2D eigenvalue weighted by atomic mass is 35.5. The minimum absolute atomic E-state index is 0.262. The predicted octanol–water partition coefficient (Wildman–Crippen LogP) is 3.89. The monoisotopic (exact) mass is 299 g/mol. The molecule has 0 bridgehead atoms. The Balaban J connectivity index is 2.58. The number of halogens is 1. The minimum atomic E-state index is 0.262. The molecule has 0 amide bonds. The second-order valence-corrected chi connectivity index (χ2v) is 6.46. The van der Waals surface area contributed by atoms with Crippen LogP contribution in [0.4, 0.5) is 0 Å². The number of methoxy groups -OCH3 is 1. The first-order valence-electron chi connectivity index (χ1n) is 7.04. The van der Waals surface area contributed by atoms with E-state index in [1.807, 2.05) is 18.2 Å². The molecule has 0 unspecified atom stereocenters. The molecule has 20 heavy (non-hydrogen) atoms. The lowest BCUT2D eigenvalue weighted by molar-refractivity contribution is 0.198. The first-order chi connectivity index (χ1) is 9.44. The number of nitrogens with one attached hydrogen (secondary N) is 1. The van der Waals surface area contributed by atoms with E-state index in [0.717, 1.165) is 30.8 Å². The van der Waals surface area contributed by atoms with Crippen molar-refractivity contribution in [1.29, 1.82) is 0 Å². The number of ether oxygens (including phenoxy) is 2. The summed E-state index contributed by atoms with van der Waals surface area (Å²) in [5.74, 6) is 0.795. The SMILES string of the molecule is COCCNCc1cccc(Cl)c1OCCC(C)(C)C. The summed E-state index contributed by atoms with van der Waals surface area (Å²) in [5, 5.41) is 3.98. The van der Waals surface area contributed by atoms with Crippen LogP contribution >= 0.6 is 11.6 Å². The summed E-state index contributed by atoms with van der Waals surface area (Å²) in [6, 6.07) is 5.86. The Bertz CT molecular complexity index is 402. The van der Waals surface area contributed by atoms with Crippen molar-refractivity contribution in [3.8, 4) is 5.75 Å². The van der Waals surface area contributed by atoms with E-state index in [0.29, 0.717) is 18.2 Å². The molecule has 0 aliphatic heterocycles. The van der Waals surface area contributed by atoms with Gasteiger partial charge < -0.3 is 14.8 Å². The molecule has 0 saturated heterocycles. The molecule has 1 N–H and O–H groups in total. The lowest BCUT2D eigenvalue weighted by atomic mass is 9.93. The topological polar surface area (TPSA) is 30.5 Å². The zero-order chi connectivity index (χ0) is 15.0. The zero-order valence-electron chi connectivity index (χ0n) is 13.0. The molecule has 4 heteroatoms. The highest BCUT2D eigenvalue weighted by Gasteiger charge is 2.12. The third-order valence-electron chi connectivity index (χ3n) is 2.95. The van der Waals surface area contributed by atoms with Crippen LogP contribution < -0.4 is 10.1 Å². The molecule has 0 aliphatic rings. The summed E-state index contributed by atoms with van der Waals surface area (Å²) in [6.45, 7) is 9.53. The fraction of sp³-hybridized carbons (Fsp3) is 0.625. The van der Waals surface area contributed by atoms with Crippen LogP contribution in [0.5, 0.6) is 5.75 Å². The summed E-state index contributed by atoms with van der Waals surface area (Å²) < 4.78 is 10.9. The van der Waals surface area contributed by atoms with Crippen molar-refractivity contribution in [2.45, 2.75) is 33.7 Å². The Morgan fingerprint density at radius 2 is 1.95 bits per heavy atom. The Labute approximate surface area is 127 Å². The summed E-state index contributed by atoms with van der Waals surface area (Å²) in [4.78, 5) is 0. The third-order valence-corrected chi connectivity index (χ3v) is 3.24. The molecule has 0 saturated carbocycles. The molecular formula is C16H26ClNO2. The smallest absolute Gasteiger partial charge is 0.142 e. The largest absolute Gasteiger partial charge is 0.492 e. The van der Waals surface area contributed by atoms with E-state index in [1.165, 1.54) is 0 Å². The Morgan fingerprint density at radius 3 is 2.60 bits per heavy atom. The van der Waals surface area contributed by atoms with Gasteiger partial charge in [-0.1, -0.05) is 44.5 Å². The lowest BCUT2D eigenvalue weighted by Gasteiger charge is -2.20. The molecular weight excluding hydrogens is 274 g/mol. The summed E-state index contributed by atoms with van der Waals surface area (Å²) in [7, 11) is 1.70. The van der Waals surface area contributed by atoms with E-state index in [4.69, 9.17) is 21.1 Å². The molecule has 0 radical (unpaired) electrons. The average Bonchev–Trinajstić information content (AvgIpc) is 2.36. The molecule has 0 atom stereocenters. The van der Waals surface area contributed by atoms with Gasteiger partial charge in [-0.15, -0.1) is 0 Å². The molecule has 1 aromatic rings. The van der Waals surface area contributed by atoms with Gasteiger partial charge in [0.15, 0.2) is 0 Å². The molecule has 1 aromatic carbocycles. The number of rotatable bonds is 8. The fourth-order valence-corrected chi connectivity index (χ4v) is 1.96. The van der Waals surface area contributed by atoms with Gasteiger partial charge in [-0.05, 0) is 17.9 Å². The van der Waals surface area contributed by atoms with E-state index in [2.05, 4.69) is 26.1 Å². The summed E-state index contributed by atoms with van der Waals surface area (Å²) in [5.41, 5.74) is 1.35. The van der Waals surface area contributed by atoms with Crippen molar-refractivity contribution in [2.24, 2.45) is 5.41 Å². The van der Waals surface area contributed by atoms with E-state index in [-0.39, 0.29) is 5.41 Å². The quantitative estimate of drug-likeness (QED) is 0.739. The van der Waals surface area contributed by atoms with E-state index < -0.39 is 0 Å². The summed E-state index contributed by atoms with van der Waals surface area (Å²) in [6.07, 6.45) is 0.995. The standard InChI is InChI=1S/C16H26ClNO2/c1-16(2,3)8-10-20-15-13(6-5-7-14(15)17)12-18-9-11-19-4/h5-7,18H,8-12H2,1-4H3. The number of hydrogen-bond acceptors (Lipinski definition) is 3. The van der Waals surface area contributed by atoms with E-state index in [1.54, 1.807) is 7.11 Å². The van der Waals surface area contributed by atoms with Crippen molar-refractivity contribution >= 4 is 11.6 Å². The first kappa shape index (κ1) is 17.3. The molecule has 3 nitrogen and oxygen atoms in total. The number of para-hydroxylation sites is 1. The molecule has 0 aromatic heterocycles. The maximum absolute atomic E-state index is 6.24. The Kier molecular flexibility index (Phi) is 7.35. The van der Waals surface area contributed by atoms with Crippen LogP contribution in [0.25, 0.3) is 0 Å². The fourth-order valence-electron chi connectivity index (χ4n) is 1.71. The van der Waals surface area contributed by atoms with Gasteiger partial charge in [0, 0.05) is 25.8 Å². The minimum Gasteiger partial charge on any atom is -0.492 e. The van der Waals surface area contributed by atoms with Gasteiger partial charge in [0.25, 0.3) is 0 Å². The average molecular weight is 300 g/mol. The Morgan fingerprint density at radius 1 is 1.20 bits per heavy atom. The molecule has 0 fully saturated rings. The van der Waals surface area contributed by atoms with Crippen LogP contribution in [0.15, 0.2) is 18.2 Å². The van der Waals surface area contributed by atoms with Crippen LogP contribution in [0, 0.1) is 5.41 Å². The molecule has 0 spiro atoms. The third kappa shape index (κ3) is 6.60. The first-order valence-corrected chi connectivity index (χ1v) is 7.41. The Hall–Kier alpha value is -0.770.